The Morgan fingerprint density at radius 1 is 1.03 bits per heavy atom. The standard InChI is InChI=1S/C23H25N5O2.2ClH/c1-27-10-12-28(13-11-27)14-15-30-26-21-17-7-3-5-9-19(17)24-22(21)20-16-6-2-4-8-18(16)25-23(20)29;;/h2-9,25,29H,10-15H2,1H3;2*1H. The first-order valence-electron chi connectivity index (χ1n) is 10.3. The van der Waals surface area contributed by atoms with E-state index in [2.05, 4.69) is 27.0 Å². The maximum Gasteiger partial charge on any atom is 0.199 e. The van der Waals surface area contributed by atoms with Crippen molar-refractivity contribution in [1.29, 1.82) is 0 Å². The molecule has 2 aliphatic rings. The van der Waals surface area contributed by atoms with Crippen molar-refractivity contribution in [2.45, 2.75) is 0 Å². The normalized spacial score (nSPS) is 17.5. The molecule has 5 rings (SSSR count). The lowest BCUT2D eigenvalue weighted by Gasteiger charge is -2.31. The predicted molar refractivity (Wildman–Crippen MR) is 134 cm³/mol. The molecule has 0 unspecified atom stereocenters. The van der Waals surface area contributed by atoms with E-state index in [1.54, 1.807) is 0 Å². The van der Waals surface area contributed by atoms with Gasteiger partial charge in [0.2, 0.25) is 0 Å². The summed E-state index contributed by atoms with van der Waals surface area (Å²) in [5.74, 6) is 0.0906. The van der Waals surface area contributed by atoms with E-state index in [-0.39, 0.29) is 30.7 Å². The Hall–Kier alpha value is -2.58. The zero-order valence-corrected chi connectivity index (χ0v) is 19.5. The summed E-state index contributed by atoms with van der Waals surface area (Å²) in [4.78, 5) is 18.3. The Labute approximate surface area is 199 Å². The van der Waals surface area contributed by atoms with Crippen LogP contribution >= 0.6 is 24.8 Å². The number of oxime groups is 1. The lowest BCUT2D eigenvalue weighted by molar-refractivity contribution is 0.0864. The first-order chi connectivity index (χ1) is 14.7. The zero-order chi connectivity index (χ0) is 20.5. The van der Waals surface area contributed by atoms with Gasteiger partial charge in [0, 0.05) is 49.2 Å². The second-order valence-electron chi connectivity index (χ2n) is 7.79. The van der Waals surface area contributed by atoms with Crippen molar-refractivity contribution in [1.82, 2.24) is 14.8 Å². The number of piperazine rings is 1. The third-order valence-electron chi connectivity index (χ3n) is 5.79. The Kier molecular flexibility index (Phi) is 7.79. The average molecular weight is 476 g/mol. The first kappa shape index (κ1) is 24.1. The highest BCUT2D eigenvalue weighted by Gasteiger charge is 2.29. The number of aromatic nitrogens is 1. The maximum absolute atomic E-state index is 10.6. The van der Waals surface area contributed by atoms with Crippen LogP contribution in [0.15, 0.2) is 58.7 Å². The number of likely N-dealkylation sites (N-methyl/N-ethyl adjacent to an activating group) is 1. The summed E-state index contributed by atoms with van der Waals surface area (Å²) in [6.45, 7) is 5.63. The fraction of sp³-hybridized carbons (Fsp3) is 0.304. The molecule has 1 fully saturated rings. The van der Waals surface area contributed by atoms with E-state index in [1.165, 1.54) is 0 Å². The van der Waals surface area contributed by atoms with Crippen LogP contribution in [-0.4, -0.2) is 77.7 Å². The van der Waals surface area contributed by atoms with E-state index in [4.69, 9.17) is 9.83 Å². The molecule has 2 aromatic carbocycles. The van der Waals surface area contributed by atoms with Crippen LogP contribution in [0.3, 0.4) is 0 Å². The van der Waals surface area contributed by atoms with E-state index >= 15 is 0 Å². The zero-order valence-electron chi connectivity index (χ0n) is 17.8. The van der Waals surface area contributed by atoms with Gasteiger partial charge in [-0.25, -0.2) is 4.99 Å². The van der Waals surface area contributed by atoms with Gasteiger partial charge in [-0.2, -0.15) is 0 Å². The summed E-state index contributed by atoms with van der Waals surface area (Å²) in [6, 6.07) is 15.6. The number of hydrogen-bond donors (Lipinski definition) is 2. The highest BCUT2D eigenvalue weighted by Crippen LogP contribution is 2.35. The monoisotopic (exact) mass is 475 g/mol. The Bertz CT molecular complexity index is 1140. The minimum Gasteiger partial charge on any atom is -0.494 e. The van der Waals surface area contributed by atoms with E-state index in [0.29, 0.717) is 23.6 Å². The van der Waals surface area contributed by atoms with Crippen LogP contribution in [0.25, 0.3) is 10.9 Å². The van der Waals surface area contributed by atoms with Crippen molar-refractivity contribution in [2.24, 2.45) is 10.1 Å². The predicted octanol–water partition coefficient (Wildman–Crippen LogP) is 3.82. The topological polar surface area (TPSA) is 76.5 Å². The molecule has 1 aromatic heterocycles. The first-order valence-corrected chi connectivity index (χ1v) is 10.3. The Morgan fingerprint density at radius 3 is 2.56 bits per heavy atom. The molecule has 32 heavy (non-hydrogen) atoms. The summed E-state index contributed by atoms with van der Waals surface area (Å²) >= 11 is 0. The SMILES string of the molecule is CN1CCN(CCON=C2C(c3c(O)[nH]c4ccccc34)=Nc3ccccc32)CC1.Cl.Cl. The number of hydrogen-bond acceptors (Lipinski definition) is 6. The van der Waals surface area contributed by atoms with Gasteiger partial charge in [0.05, 0.1) is 11.3 Å². The molecule has 2 N–H and O–H groups in total. The number of nitrogens with zero attached hydrogens (tertiary/aromatic N) is 4. The maximum atomic E-state index is 10.6. The molecular weight excluding hydrogens is 449 g/mol. The molecule has 0 aliphatic carbocycles. The number of para-hydroxylation sites is 2. The van der Waals surface area contributed by atoms with Crippen molar-refractivity contribution in [3.05, 3.63) is 59.7 Å². The molecule has 0 saturated carbocycles. The molecule has 0 radical (unpaired) electrons. The average Bonchev–Trinajstić information content (AvgIpc) is 3.28. The second kappa shape index (κ2) is 10.4. The number of aromatic amines is 1. The Morgan fingerprint density at radius 2 is 1.75 bits per heavy atom. The minimum atomic E-state index is 0. The van der Waals surface area contributed by atoms with Gasteiger partial charge in [-0.3, -0.25) is 4.90 Å². The molecule has 7 nitrogen and oxygen atoms in total. The van der Waals surface area contributed by atoms with Crippen molar-refractivity contribution in [3.63, 3.8) is 0 Å². The molecule has 0 spiro atoms. The van der Waals surface area contributed by atoms with Gasteiger partial charge in [0.15, 0.2) is 5.88 Å². The van der Waals surface area contributed by atoms with Crippen LogP contribution in [0, 0.1) is 0 Å². The number of benzene rings is 2. The number of rotatable bonds is 5. The van der Waals surface area contributed by atoms with Gasteiger partial charge >= 0.3 is 0 Å². The van der Waals surface area contributed by atoms with E-state index < -0.39 is 0 Å². The van der Waals surface area contributed by atoms with Crippen molar-refractivity contribution in [2.75, 3.05) is 46.4 Å². The highest BCUT2D eigenvalue weighted by atomic mass is 35.5. The number of halogens is 2. The van der Waals surface area contributed by atoms with Crippen LogP contribution in [-0.2, 0) is 4.84 Å². The number of aromatic hydroxyl groups is 1. The second-order valence-corrected chi connectivity index (χ2v) is 7.79. The van der Waals surface area contributed by atoms with Gasteiger partial charge in [0.1, 0.15) is 18.0 Å². The summed E-state index contributed by atoms with van der Waals surface area (Å²) in [5, 5.41) is 16.0. The van der Waals surface area contributed by atoms with E-state index in [1.807, 2.05) is 48.5 Å². The molecule has 0 amide bonds. The molecule has 3 heterocycles. The lowest BCUT2D eigenvalue weighted by atomic mass is 10.0. The minimum absolute atomic E-state index is 0. The largest absolute Gasteiger partial charge is 0.494 e. The van der Waals surface area contributed by atoms with Gasteiger partial charge < -0.3 is 19.8 Å². The van der Waals surface area contributed by atoms with Crippen LogP contribution in [0.2, 0.25) is 0 Å². The lowest BCUT2D eigenvalue weighted by Crippen LogP contribution is -2.45. The van der Waals surface area contributed by atoms with E-state index in [0.717, 1.165) is 54.9 Å². The summed E-state index contributed by atoms with van der Waals surface area (Å²) < 4.78 is 0. The van der Waals surface area contributed by atoms with Crippen molar-refractivity contribution < 1.29 is 9.94 Å². The number of aliphatic imine (C=N–C) groups is 1. The fourth-order valence-electron chi connectivity index (χ4n) is 4.06. The smallest absolute Gasteiger partial charge is 0.199 e. The molecular formula is C23H27Cl2N5O2. The molecule has 3 aromatic rings. The highest BCUT2D eigenvalue weighted by molar-refractivity contribution is 6.58. The van der Waals surface area contributed by atoms with Crippen molar-refractivity contribution >= 4 is 52.8 Å². The summed E-state index contributed by atoms with van der Waals surface area (Å²) in [7, 11) is 2.15. The third-order valence-corrected chi connectivity index (χ3v) is 5.79. The molecule has 9 heteroatoms. The van der Waals surface area contributed by atoms with Gasteiger partial charge in [-0.15, -0.1) is 24.8 Å². The molecule has 0 atom stereocenters. The van der Waals surface area contributed by atoms with Crippen molar-refractivity contribution in [3.8, 4) is 5.88 Å². The number of fused-ring (bicyclic) bond motifs is 2. The van der Waals surface area contributed by atoms with Crippen LogP contribution < -0.4 is 0 Å². The quantitative estimate of drug-likeness (QED) is 0.434. The molecule has 2 aliphatic heterocycles. The molecule has 170 valence electrons. The number of H-pyrrole nitrogens is 1. The van der Waals surface area contributed by atoms with Crippen LogP contribution in [0.5, 0.6) is 5.88 Å². The fourth-order valence-corrected chi connectivity index (χ4v) is 4.06. The summed E-state index contributed by atoms with van der Waals surface area (Å²) in [6.07, 6.45) is 0. The van der Waals surface area contributed by atoms with Crippen LogP contribution in [0.1, 0.15) is 11.1 Å². The van der Waals surface area contributed by atoms with Gasteiger partial charge in [0.25, 0.3) is 0 Å². The third kappa shape index (κ3) is 4.61. The number of nitrogens with one attached hydrogen (secondary N) is 1. The summed E-state index contributed by atoms with van der Waals surface area (Å²) in [5.41, 5.74) is 4.55. The Balaban J connectivity index is 0.00000144. The van der Waals surface area contributed by atoms with E-state index in [9.17, 15) is 5.11 Å². The van der Waals surface area contributed by atoms with Gasteiger partial charge in [-0.1, -0.05) is 41.6 Å². The molecule has 1 saturated heterocycles. The molecule has 0 bridgehead atoms. The van der Waals surface area contributed by atoms with Gasteiger partial charge in [-0.05, 0) is 19.2 Å². The van der Waals surface area contributed by atoms with Crippen LogP contribution in [0.4, 0.5) is 5.69 Å².